The molecule has 18 heavy (non-hydrogen) atoms. The number of rotatable bonds is 7. The van der Waals surface area contributed by atoms with Crippen LogP contribution in [0.2, 0.25) is 0 Å². The van der Waals surface area contributed by atoms with Crippen molar-refractivity contribution in [2.75, 3.05) is 26.9 Å². The fourth-order valence-corrected chi connectivity index (χ4v) is 1.28. The van der Waals surface area contributed by atoms with Gasteiger partial charge in [0.1, 0.15) is 13.2 Å². The highest BCUT2D eigenvalue weighted by atomic mass is 19.2. The van der Waals surface area contributed by atoms with Crippen LogP contribution in [0, 0.1) is 11.6 Å². The Bertz CT molecular complexity index is 399. The highest BCUT2D eigenvalue weighted by Crippen LogP contribution is 2.08. The lowest BCUT2D eigenvalue weighted by Gasteiger charge is -2.06. The minimum Gasteiger partial charge on any atom is -0.463 e. The van der Waals surface area contributed by atoms with Crippen molar-refractivity contribution in [2.45, 2.75) is 6.54 Å². The van der Waals surface area contributed by atoms with E-state index in [0.717, 1.165) is 12.1 Å². The standard InChI is InChI=1S/C12H15F2NO3/c1-17-8-12(16)18-5-4-15-7-9-2-3-10(13)11(14)6-9/h2-3,6,15H,4-5,7-8H2,1H3. The molecule has 0 radical (unpaired) electrons. The summed E-state index contributed by atoms with van der Waals surface area (Å²) in [5, 5.41) is 2.94. The highest BCUT2D eigenvalue weighted by Gasteiger charge is 2.03. The Morgan fingerprint density at radius 1 is 1.33 bits per heavy atom. The Morgan fingerprint density at radius 3 is 2.78 bits per heavy atom. The number of halogens is 2. The fraction of sp³-hybridized carbons (Fsp3) is 0.417. The van der Waals surface area contributed by atoms with Crippen LogP contribution in [0.25, 0.3) is 0 Å². The van der Waals surface area contributed by atoms with Crippen LogP contribution in [-0.4, -0.2) is 32.8 Å². The van der Waals surface area contributed by atoms with E-state index in [1.54, 1.807) is 0 Å². The zero-order valence-corrected chi connectivity index (χ0v) is 10.0. The average Bonchev–Trinajstić information content (AvgIpc) is 2.33. The van der Waals surface area contributed by atoms with Crippen molar-refractivity contribution >= 4 is 5.97 Å². The smallest absolute Gasteiger partial charge is 0.332 e. The Morgan fingerprint density at radius 2 is 2.11 bits per heavy atom. The van der Waals surface area contributed by atoms with Gasteiger partial charge in [-0.05, 0) is 17.7 Å². The third kappa shape index (κ3) is 5.20. The molecular weight excluding hydrogens is 244 g/mol. The van der Waals surface area contributed by atoms with E-state index in [1.165, 1.54) is 13.2 Å². The van der Waals surface area contributed by atoms with Gasteiger partial charge in [0.15, 0.2) is 11.6 Å². The number of hydrogen-bond donors (Lipinski definition) is 1. The molecule has 1 aromatic rings. The van der Waals surface area contributed by atoms with Gasteiger partial charge in [-0.2, -0.15) is 0 Å². The van der Waals surface area contributed by atoms with Crippen LogP contribution in [0.5, 0.6) is 0 Å². The molecule has 6 heteroatoms. The summed E-state index contributed by atoms with van der Waals surface area (Å²) in [4.78, 5) is 10.9. The fourth-order valence-electron chi connectivity index (χ4n) is 1.28. The predicted octanol–water partition coefficient (Wildman–Crippen LogP) is 1.24. The first-order valence-electron chi connectivity index (χ1n) is 5.42. The second kappa shape index (κ2) is 7.73. The van der Waals surface area contributed by atoms with Crippen LogP contribution in [0.4, 0.5) is 8.78 Å². The van der Waals surface area contributed by atoms with Gasteiger partial charge in [-0.1, -0.05) is 6.07 Å². The molecule has 1 aromatic carbocycles. The Balaban J connectivity index is 2.18. The van der Waals surface area contributed by atoms with Crippen molar-refractivity contribution in [2.24, 2.45) is 0 Å². The third-order valence-corrected chi connectivity index (χ3v) is 2.12. The first kappa shape index (κ1) is 14.5. The average molecular weight is 259 g/mol. The lowest BCUT2D eigenvalue weighted by molar-refractivity contribution is -0.147. The summed E-state index contributed by atoms with van der Waals surface area (Å²) < 4.78 is 34.9. The molecule has 0 atom stereocenters. The van der Waals surface area contributed by atoms with E-state index >= 15 is 0 Å². The van der Waals surface area contributed by atoms with Gasteiger partial charge in [0.2, 0.25) is 0 Å². The Labute approximate surface area is 104 Å². The minimum atomic E-state index is -0.874. The maximum absolute atomic E-state index is 12.9. The highest BCUT2D eigenvalue weighted by molar-refractivity contribution is 5.70. The molecule has 0 fully saturated rings. The van der Waals surface area contributed by atoms with Crippen LogP contribution in [0.15, 0.2) is 18.2 Å². The van der Waals surface area contributed by atoms with Crippen molar-refractivity contribution in [3.05, 3.63) is 35.4 Å². The van der Waals surface area contributed by atoms with E-state index in [9.17, 15) is 13.6 Å². The van der Waals surface area contributed by atoms with Gasteiger partial charge in [0.05, 0.1) is 0 Å². The molecule has 1 rings (SSSR count). The first-order chi connectivity index (χ1) is 8.63. The van der Waals surface area contributed by atoms with Gasteiger partial charge in [-0.15, -0.1) is 0 Å². The summed E-state index contributed by atoms with van der Waals surface area (Å²) in [6, 6.07) is 3.69. The number of methoxy groups -OCH3 is 1. The van der Waals surface area contributed by atoms with E-state index in [-0.39, 0.29) is 13.2 Å². The largest absolute Gasteiger partial charge is 0.463 e. The van der Waals surface area contributed by atoms with Crippen LogP contribution >= 0.6 is 0 Å². The molecule has 100 valence electrons. The topological polar surface area (TPSA) is 47.6 Å². The van der Waals surface area contributed by atoms with Crippen LogP contribution in [0.1, 0.15) is 5.56 Å². The summed E-state index contributed by atoms with van der Waals surface area (Å²) >= 11 is 0. The molecule has 0 amide bonds. The molecule has 0 heterocycles. The molecule has 0 bridgehead atoms. The van der Waals surface area contributed by atoms with Gasteiger partial charge >= 0.3 is 5.97 Å². The number of carbonyl (C=O) groups is 1. The maximum Gasteiger partial charge on any atom is 0.332 e. The molecule has 4 nitrogen and oxygen atoms in total. The molecule has 0 aromatic heterocycles. The van der Waals surface area contributed by atoms with Crippen LogP contribution < -0.4 is 5.32 Å². The summed E-state index contributed by atoms with van der Waals surface area (Å²) in [5.41, 5.74) is 0.622. The number of carbonyl (C=O) groups excluding carboxylic acids is 1. The minimum absolute atomic E-state index is 0.0802. The van der Waals surface area contributed by atoms with Crippen LogP contribution in [0.3, 0.4) is 0 Å². The SMILES string of the molecule is COCC(=O)OCCNCc1ccc(F)c(F)c1. The quantitative estimate of drug-likeness (QED) is 0.591. The molecule has 0 saturated heterocycles. The van der Waals surface area contributed by atoms with Crippen LogP contribution in [-0.2, 0) is 20.8 Å². The Kier molecular flexibility index (Phi) is 6.24. The van der Waals surface area contributed by atoms with Gasteiger partial charge in [0.25, 0.3) is 0 Å². The number of hydrogen-bond acceptors (Lipinski definition) is 4. The van der Waals surface area contributed by atoms with Gasteiger partial charge in [-0.3, -0.25) is 0 Å². The molecule has 1 N–H and O–H groups in total. The number of nitrogens with one attached hydrogen (secondary N) is 1. The van der Waals surface area contributed by atoms with E-state index in [0.29, 0.717) is 18.7 Å². The van der Waals surface area contributed by atoms with Crippen molar-refractivity contribution < 1.29 is 23.0 Å². The third-order valence-electron chi connectivity index (χ3n) is 2.12. The monoisotopic (exact) mass is 259 g/mol. The lowest BCUT2D eigenvalue weighted by atomic mass is 10.2. The zero-order chi connectivity index (χ0) is 13.4. The van der Waals surface area contributed by atoms with E-state index < -0.39 is 17.6 Å². The predicted molar refractivity (Wildman–Crippen MR) is 60.9 cm³/mol. The number of ether oxygens (including phenoxy) is 2. The summed E-state index contributed by atoms with van der Waals surface area (Å²) in [7, 11) is 1.41. The lowest BCUT2D eigenvalue weighted by Crippen LogP contribution is -2.22. The molecule has 0 aliphatic rings. The summed E-state index contributed by atoms with van der Waals surface area (Å²) in [6.45, 7) is 0.919. The van der Waals surface area contributed by atoms with E-state index in [4.69, 9.17) is 4.74 Å². The summed E-state index contributed by atoms with van der Waals surface area (Å²) in [6.07, 6.45) is 0. The van der Waals surface area contributed by atoms with Gasteiger partial charge < -0.3 is 14.8 Å². The van der Waals surface area contributed by atoms with Gasteiger partial charge in [0, 0.05) is 20.2 Å². The first-order valence-corrected chi connectivity index (χ1v) is 5.42. The molecule has 0 unspecified atom stereocenters. The molecule has 0 aliphatic carbocycles. The van der Waals surface area contributed by atoms with Crippen molar-refractivity contribution in [3.8, 4) is 0 Å². The summed E-state index contributed by atoms with van der Waals surface area (Å²) in [5.74, 6) is -2.18. The molecule has 0 spiro atoms. The second-order valence-corrected chi connectivity index (χ2v) is 3.58. The molecular formula is C12H15F2NO3. The normalized spacial score (nSPS) is 10.4. The van der Waals surface area contributed by atoms with E-state index in [2.05, 4.69) is 10.1 Å². The van der Waals surface area contributed by atoms with Crippen molar-refractivity contribution in [1.29, 1.82) is 0 Å². The Hall–Kier alpha value is -1.53. The molecule has 0 aliphatic heterocycles. The second-order valence-electron chi connectivity index (χ2n) is 3.58. The van der Waals surface area contributed by atoms with Gasteiger partial charge in [-0.25, -0.2) is 13.6 Å². The maximum atomic E-state index is 12.9. The van der Waals surface area contributed by atoms with E-state index in [1.807, 2.05) is 0 Å². The zero-order valence-electron chi connectivity index (χ0n) is 10.0. The number of benzene rings is 1. The van der Waals surface area contributed by atoms with Crippen molar-refractivity contribution in [3.63, 3.8) is 0 Å². The van der Waals surface area contributed by atoms with Crippen molar-refractivity contribution in [1.82, 2.24) is 5.32 Å². The number of esters is 1. The molecule has 0 saturated carbocycles.